The number of nitrogens with zero attached hydrogens (tertiary/aromatic N) is 4. The number of rotatable bonds is 8. The van der Waals surface area contributed by atoms with Crippen molar-refractivity contribution < 1.29 is 19.1 Å². The van der Waals surface area contributed by atoms with Crippen LogP contribution < -0.4 is 21.7 Å². The van der Waals surface area contributed by atoms with E-state index in [1.54, 1.807) is 7.11 Å². The Morgan fingerprint density at radius 1 is 1.08 bits per heavy atom. The van der Waals surface area contributed by atoms with Gasteiger partial charge in [0.15, 0.2) is 0 Å². The van der Waals surface area contributed by atoms with Gasteiger partial charge in [0.2, 0.25) is 5.95 Å². The van der Waals surface area contributed by atoms with Crippen LogP contribution in [0.1, 0.15) is 86.0 Å². The Kier molecular flexibility index (Phi) is 8.42. The van der Waals surface area contributed by atoms with Crippen LogP contribution in [0.4, 0.5) is 22.2 Å². The molecule has 200 valence electrons. The zero-order chi connectivity index (χ0) is 26.5. The third kappa shape index (κ3) is 6.65. The number of hydrogen-bond acceptors (Lipinski definition) is 9. The van der Waals surface area contributed by atoms with Crippen LogP contribution in [0.25, 0.3) is 0 Å². The average molecular weight is 512 g/mol. The highest BCUT2D eigenvalue weighted by molar-refractivity contribution is 5.98. The van der Waals surface area contributed by atoms with Gasteiger partial charge in [-0.1, -0.05) is 13.8 Å². The Bertz CT molecular complexity index is 1120. The molecule has 0 radical (unpaired) electrons. The fraction of sp³-hybridized carbons (Fsp3) is 0.577. The SMILES string of the molecule is CO[C@H]1CC[C@@H](c2cc(Nc3nc(N4CCC[C@H](OC(N)=O)C4)ncc3C(N)=O)cc(C(C)C)n2)CC1. The monoisotopic (exact) mass is 511 g/mol. The lowest BCUT2D eigenvalue weighted by Crippen LogP contribution is -2.42. The van der Waals surface area contributed by atoms with Crippen molar-refractivity contribution in [3.63, 3.8) is 0 Å². The van der Waals surface area contributed by atoms with Crippen molar-refractivity contribution >= 4 is 29.5 Å². The molecule has 1 aliphatic heterocycles. The van der Waals surface area contributed by atoms with Gasteiger partial charge >= 0.3 is 6.09 Å². The number of methoxy groups -OCH3 is 1. The van der Waals surface area contributed by atoms with Crippen molar-refractivity contribution in [1.82, 2.24) is 15.0 Å². The molecule has 0 bridgehead atoms. The molecule has 1 aliphatic carbocycles. The first-order valence-corrected chi connectivity index (χ1v) is 12.9. The van der Waals surface area contributed by atoms with E-state index >= 15 is 0 Å². The van der Waals surface area contributed by atoms with E-state index in [0.717, 1.165) is 49.2 Å². The fourth-order valence-corrected chi connectivity index (χ4v) is 5.06. The summed E-state index contributed by atoms with van der Waals surface area (Å²) in [4.78, 5) is 39.3. The number of hydrogen-bond donors (Lipinski definition) is 3. The van der Waals surface area contributed by atoms with Crippen molar-refractivity contribution in [3.8, 4) is 0 Å². The Morgan fingerprint density at radius 2 is 1.84 bits per heavy atom. The summed E-state index contributed by atoms with van der Waals surface area (Å²) in [7, 11) is 1.77. The summed E-state index contributed by atoms with van der Waals surface area (Å²) in [5.74, 6) is 0.687. The summed E-state index contributed by atoms with van der Waals surface area (Å²) < 4.78 is 10.7. The average Bonchev–Trinajstić information content (AvgIpc) is 2.88. The molecule has 1 saturated carbocycles. The Hall–Kier alpha value is -3.47. The lowest BCUT2D eigenvalue weighted by molar-refractivity contribution is 0.0655. The fourth-order valence-electron chi connectivity index (χ4n) is 5.06. The second-order valence-corrected chi connectivity index (χ2v) is 10.1. The predicted octanol–water partition coefficient (Wildman–Crippen LogP) is 3.57. The molecule has 3 heterocycles. The molecule has 0 unspecified atom stereocenters. The number of nitrogens with one attached hydrogen (secondary N) is 1. The summed E-state index contributed by atoms with van der Waals surface area (Å²) in [5.41, 5.74) is 13.8. The quantitative estimate of drug-likeness (QED) is 0.481. The van der Waals surface area contributed by atoms with Gasteiger partial charge in [0.05, 0.1) is 12.6 Å². The van der Waals surface area contributed by atoms with Crippen molar-refractivity contribution in [2.45, 2.75) is 76.4 Å². The molecule has 0 aromatic carbocycles. The molecule has 11 heteroatoms. The van der Waals surface area contributed by atoms with Gasteiger partial charge < -0.3 is 31.2 Å². The van der Waals surface area contributed by atoms with Crippen LogP contribution in [-0.2, 0) is 9.47 Å². The zero-order valence-corrected chi connectivity index (χ0v) is 21.8. The molecular weight excluding hydrogens is 474 g/mol. The topological polar surface area (TPSA) is 159 Å². The van der Waals surface area contributed by atoms with Gasteiger partial charge in [-0.05, 0) is 56.6 Å². The third-order valence-electron chi connectivity index (χ3n) is 7.13. The van der Waals surface area contributed by atoms with Gasteiger partial charge in [-0.15, -0.1) is 0 Å². The number of carbonyl (C=O) groups excluding carboxylic acids is 2. The summed E-state index contributed by atoms with van der Waals surface area (Å²) in [5, 5.41) is 3.32. The molecule has 0 spiro atoms. The highest BCUT2D eigenvalue weighted by Crippen LogP contribution is 2.35. The Labute approximate surface area is 217 Å². The van der Waals surface area contributed by atoms with Gasteiger partial charge in [0, 0.05) is 42.8 Å². The van der Waals surface area contributed by atoms with E-state index in [4.69, 9.17) is 25.9 Å². The van der Waals surface area contributed by atoms with Gasteiger partial charge in [-0.3, -0.25) is 9.78 Å². The molecule has 2 aromatic rings. The molecule has 37 heavy (non-hydrogen) atoms. The van der Waals surface area contributed by atoms with Crippen LogP contribution in [0.15, 0.2) is 18.3 Å². The number of nitrogens with two attached hydrogens (primary N) is 2. The molecule has 2 aliphatic rings. The Morgan fingerprint density at radius 3 is 2.49 bits per heavy atom. The molecule has 11 nitrogen and oxygen atoms in total. The maximum absolute atomic E-state index is 12.2. The standard InChI is InChI=1S/C26H37N7O4/c1-15(2)21-11-17(12-22(31-21)16-6-8-18(36-3)9-7-16)30-24-20(23(27)34)13-29-26(32-24)33-10-4-5-19(14-33)37-25(28)35/h11-13,15-16,18-19H,4-10,14H2,1-3H3,(H2,27,34)(H2,28,35)(H,29,30,31,32)/t16-,18+,19-/m0/s1. The van der Waals surface area contributed by atoms with E-state index in [0.29, 0.717) is 43.3 Å². The number of aromatic nitrogens is 3. The normalized spacial score (nSPS) is 22.1. The summed E-state index contributed by atoms with van der Waals surface area (Å²) in [6.07, 6.45) is 6.15. The number of amides is 2. The van der Waals surface area contributed by atoms with Gasteiger partial charge in [0.1, 0.15) is 17.5 Å². The maximum atomic E-state index is 12.2. The van der Waals surface area contributed by atoms with Crippen LogP contribution >= 0.6 is 0 Å². The van der Waals surface area contributed by atoms with Crippen LogP contribution in [-0.4, -0.2) is 59.4 Å². The lowest BCUT2D eigenvalue weighted by Gasteiger charge is -2.32. The summed E-state index contributed by atoms with van der Waals surface area (Å²) in [6, 6.07) is 4.02. The van der Waals surface area contributed by atoms with E-state index in [9.17, 15) is 9.59 Å². The van der Waals surface area contributed by atoms with Gasteiger partial charge in [-0.25, -0.2) is 9.78 Å². The molecule has 2 amide bonds. The minimum atomic E-state index is -0.802. The van der Waals surface area contributed by atoms with Crippen molar-refractivity contribution in [2.75, 3.05) is 30.4 Å². The number of pyridine rings is 1. The second kappa shape index (κ2) is 11.7. The first-order valence-electron chi connectivity index (χ1n) is 12.9. The first kappa shape index (κ1) is 26.6. The summed E-state index contributed by atoms with van der Waals surface area (Å²) in [6.45, 7) is 5.32. The maximum Gasteiger partial charge on any atom is 0.404 e. The molecule has 4 rings (SSSR count). The molecule has 2 aromatic heterocycles. The van der Waals surface area contributed by atoms with Crippen LogP contribution in [0.5, 0.6) is 0 Å². The van der Waals surface area contributed by atoms with Crippen LogP contribution in [0.2, 0.25) is 0 Å². The highest BCUT2D eigenvalue weighted by Gasteiger charge is 2.26. The molecule has 5 N–H and O–H groups in total. The van der Waals surface area contributed by atoms with E-state index < -0.39 is 12.0 Å². The predicted molar refractivity (Wildman–Crippen MR) is 140 cm³/mol. The Balaban J connectivity index is 1.62. The smallest absolute Gasteiger partial charge is 0.404 e. The van der Waals surface area contributed by atoms with Crippen molar-refractivity contribution in [1.29, 1.82) is 0 Å². The van der Waals surface area contributed by atoms with E-state index in [-0.39, 0.29) is 17.6 Å². The number of carbonyl (C=O) groups is 2. The molecule has 2 fully saturated rings. The number of primary amides is 2. The first-order chi connectivity index (χ1) is 17.7. The summed E-state index contributed by atoms with van der Waals surface area (Å²) >= 11 is 0. The third-order valence-corrected chi connectivity index (χ3v) is 7.13. The van der Waals surface area contributed by atoms with E-state index in [1.807, 2.05) is 17.0 Å². The number of ether oxygens (including phenoxy) is 2. The minimum Gasteiger partial charge on any atom is -0.445 e. The highest BCUT2D eigenvalue weighted by atomic mass is 16.6. The van der Waals surface area contributed by atoms with Crippen LogP contribution in [0.3, 0.4) is 0 Å². The minimum absolute atomic E-state index is 0.191. The zero-order valence-electron chi connectivity index (χ0n) is 21.8. The molecular formula is C26H37N7O4. The lowest BCUT2D eigenvalue weighted by atomic mass is 9.84. The van der Waals surface area contributed by atoms with Crippen LogP contribution in [0, 0.1) is 0 Å². The van der Waals surface area contributed by atoms with Crippen molar-refractivity contribution in [2.24, 2.45) is 11.5 Å². The molecule has 1 saturated heterocycles. The largest absolute Gasteiger partial charge is 0.445 e. The van der Waals surface area contributed by atoms with E-state index in [2.05, 4.69) is 29.1 Å². The number of piperidine rings is 1. The van der Waals surface area contributed by atoms with Crippen molar-refractivity contribution in [3.05, 3.63) is 35.3 Å². The van der Waals surface area contributed by atoms with E-state index in [1.165, 1.54) is 6.20 Å². The second-order valence-electron chi connectivity index (χ2n) is 10.1. The van der Waals surface area contributed by atoms with Gasteiger partial charge in [-0.2, -0.15) is 4.98 Å². The number of anilines is 3. The van der Waals surface area contributed by atoms with Gasteiger partial charge in [0.25, 0.3) is 5.91 Å². The molecule has 1 atom stereocenters.